The molecule has 0 amide bonds. The molecular weight excluding hydrogens is 270 g/mol. The molecule has 0 saturated carbocycles. The molecule has 0 fully saturated rings. The Kier molecular flexibility index (Phi) is 5.40. The van der Waals surface area contributed by atoms with E-state index in [1.54, 1.807) is 6.07 Å². The van der Waals surface area contributed by atoms with E-state index >= 15 is 0 Å². The second-order valence-electron chi connectivity index (χ2n) is 4.76. The first-order chi connectivity index (χ1) is 10.2. The van der Waals surface area contributed by atoms with Crippen molar-refractivity contribution in [2.24, 2.45) is 0 Å². The van der Waals surface area contributed by atoms with Crippen molar-refractivity contribution in [1.29, 1.82) is 0 Å². The van der Waals surface area contributed by atoms with Crippen molar-refractivity contribution in [2.75, 3.05) is 18.1 Å². The molecule has 0 atom stereocenters. The van der Waals surface area contributed by atoms with E-state index in [4.69, 9.17) is 9.52 Å². The Balaban J connectivity index is 2.05. The summed E-state index contributed by atoms with van der Waals surface area (Å²) < 4.78 is 5.67. The summed E-state index contributed by atoms with van der Waals surface area (Å²) in [5.41, 5.74) is 1.12. The molecule has 1 aromatic carbocycles. The van der Waals surface area contributed by atoms with Gasteiger partial charge in [0.25, 0.3) is 0 Å². The first-order valence-corrected chi connectivity index (χ1v) is 6.89. The third-order valence-electron chi connectivity index (χ3n) is 3.13. The molecule has 1 aromatic heterocycles. The van der Waals surface area contributed by atoms with Crippen molar-refractivity contribution >= 4 is 11.9 Å². The number of aliphatic hydroxyl groups excluding tert-OH is 1. The predicted octanol–water partition coefficient (Wildman–Crippen LogP) is 2.30. The van der Waals surface area contributed by atoms with Crippen LogP contribution in [0.15, 0.2) is 46.9 Å². The zero-order valence-corrected chi connectivity index (χ0v) is 11.7. The van der Waals surface area contributed by atoms with E-state index in [-0.39, 0.29) is 13.0 Å². The highest BCUT2D eigenvalue weighted by Crippen LogP contribution is 2.21. The highest BCUT2D eigenvalue weighted by Gasteiger charge is 2.12. The van der Waals surface area contributed by atoms with E-state index in [0.29, 0.717) is 31.2 Å². The van der Waals surface area contributed by atoms with Gasteiger partial charge in [-0.25, -0.2) is 0 Å². The number of aryl methyl sites for hydroxylation is 1. The van der Waals surface area contributed by atoms with Crippen LogP contribution in [-0.2, 0) is 17.8 Å². The van der Waals surface area contributed by atoms with Gasteiger partial charge in [0.2, 0.25) is 0 Å². The molecule has 0 aliphatic rings. The number of benzene rings is 1. The molecule has 0 radical (unpaired) electrons. The Hall–Kier alpha value is -2.27. The summed E-state index contributed by atoms with van der Waals surface area (Å²) in [6.07, 6.45) is 0.416. The number of furan rings is 1. The minimum Gasteiger partial charge on any atom is -0.481 e. The van der Waals surface area contributed by atoms with Gasteiger partial charge in [0.1, 0.15) is 5.76 Å². The zero-order valence-electron chi connectivity index (χ0n) is 11.7. The predicted molar refractivity (Wildman–Crippen MR) is 79.2 cm³/mol. The second-order valence-corrected chi connectivity index (χ2v) is 4.76. The van der Waals surface area contributed by atoms with E-state index < -0.39 is 5.97 Å². The number of aliphatic carboxylic acids is 1. The van der Waals surface area contributed by atoms with Gasteiger partial charge in [0.05, 0.1) is 13.0 Å². The van der Waals surface area contributed by atoms with Gasteiger partial charge in [0.15, 0.2) is 5.88 Å². The number of carbonyl (C=O) groups is 1. The largest absolute Gasteiger partial charge is 0.481 e. The standard InChI is InChI=1S/C16H19NO4/c18-11-10-17(12-13-4-2-1-3-5-13)15-8-6-14(21-15)7-9-16(19)20/h1-6,8,18H,7,9-12H2,(H,19,20). The third-order valence-corrected chi connectivity index (χ3v) is 3.13. The Labute approximate surface area is 123 Å². The van der Waals surface area contributed by atoms with Gasteiger partial charge in [-0.05, 0) is 11.6 Å². The Morgan fingerprint density at radius 2 is 1.90 bits per heavy atom. The van der Waals surface area contributed by atoms with Crippen LogP contribution in [0.5, 0.6) is 0 Å². The lowest BCUT2D eigenvalue weighted by Gasteiger charge is -2.21. The van der Waals surface area contributed by atoms with Crippen molar-refractivity contribution in [1.82, 2.24) is 0 Å². The number of anilines is 1. The van der Waals surface area contributed by atoms with Crippen molar-refractivity contribution in [3.63, 3.8) is 0 Å². The van der Waals surface area contributed by atoms with Crippen molar-refractivity contribution < 1.29 is 19.4 Å². The molecule has 2 rings (SSSR count). The van der Waals surface area contributed by atoms with Crippen molar-refractivity contribution in [2.45, 2.75) is 19.4 Å². The molecule has 2 N–H and O–H groups in total. The SMILES string of the molecule is O=C(O)CCc1ccc(N(CCO)Cc2ccccc2)o1. The zero-order chi connectivity index (χ0) is 15.1. The van der Waals surface area contributed by atoms with Crippen LogP contribution < -0.4 is 4.90 Å². The maximum Gasteiger partial charge on any atom is 0.303 e. The molecule has 0 spiro atoms. The summed E-state index contributed by atoms with van der Waals surface area (Å²) >= 11 is 0. The third kappa shape index (κ3) is 4.65. The number of hydrogen-bond acceptors (Lipinski definition) is 4. The molecular formula is C16H19NO4. The van der Waals surface area contributed by atoms with Crippen LogP contribution in [0.25, 0.3) is 0 Å². The van der Waals surface area contributed by atoms with Gasteiger partial charge >= 0.3 is 5.97 Å². The fourth-order valence-electron chi connectivity index (χ4n) is 2.09. The Morgan fingerprint density at radius 1 is 1.14 bits per heavy atom. The first-order valence-electron chi connectivity index (χ1n) is 6.89. The lowest BCUT2D eigenvalue weighted by molar-refractivity contribution is -0.137. The Morgan fingerprint density at radius 3 is 2.57 bits per heavy atom. The lowest BCUT2D eigenvalue weighted by atomic mass is 10.2. The summed E-state index contributed by atoms with van der Waals surface area (Å²) in [6.45, 7) is 1.12. The number of aliphatic hydroxyl groups is 1. The number of nitrogens with zero attached hydrogens (tertiary/aromatic N) is 1. The van der Waals surface area contributed by atoms with Gasteiger partial charge in [-0.15, -0.1) is 0 Å². The molecule has 1 heterocycles. The Bertz CT molecular complexity index is 565. The summed E-state index contributed by atoms with van der Waals surface area (Å²) in [7, 11) is 0. The van der Waals surface area contributed by atoms with Crippen LogP contribution in [0, 0.1) is 0 Å². The summed E-state index contributed by atoms with van der Waals surface area (Å²) in [5.74, 6) is 0.446. The number of carboxylic acids is 1. The van der Waals surface area contributed by atoms with Gasteiger partial charge < -0.3 is 19.5 Å². The highest BCUT2D eigenvalue weighted by molar-refractivity contribution is 5.66. The quantitative estimate of drug-likeness (QED) is 0.780. The average molecular weight is 289 g/mol. The molecule has 5 heteroatoms. The molecule has 0 bridgehead atoms. The molecule has 21 heavy (non-hydrogen) atoms. The topological polar surface area (TPSA) is 73.9 Å². The molecule has 0 saturated heterocycles. The first kappa shape index (κ1) is 15.1. The number of hydrogen-bond donors (Lipinski definition) is 2. The second kappa shape index (κ2) is 7.50. The van der Waals surface area contributed by atoms with E-state index in [1.165, 1.54) is 0 Å². The van der Waals surface area contributed by atoms with Gasteiger partial charge in [-0.3, -0.25) is 4.79 Å². The molecule has 0 unspecified atom stereocenters. The maximum atomic E-state index is 10.6. The van der Waals surface area contributed by atoms with Crippen molar-refractivity contribution in [3.05, 3.63) is 53.8 Å². The highest BCUT2D eigenvalue weighted by atomic mass is 16.4. The van der Waals surface area contributed by atoms with Crippen LogP contribution in [-0.4, -0.2) is 29.3 Å². The van der Waals surface area contributed by atoms with Crippen LogP contribution in [0.4, 0.5) is 5.88 Å². The van der Waals surface area contributed by atoms with Gasteiger partial charge in [-0.1, -0.05) is 30.3 Å². The molecule has 0 aliphatic carbocycles. The average Bonchev–Trinajstić information content (AvgIpc) is 2.94. The summed E-state index contributed by atoms with van der Waals surface area (Å²) in [6, 6.07) is 13.5. The maximum absolute atomic E-state index is 10.6. The summed E-state index contributed by atoms with van der Waals surface area (Å²) in [5, 5.41) is 17.9. The molecule has 112 valence electrons. The van der Waals surface area contributed by atoms with Crippen LogP contribution in [0.2, 0.25) is 0 Å². The molecule has 0 aliphatic heterocycles. The van der Waals surface area contributed by atoms with E-state index in [1.807, 2.05) is 41.3 Å². The van der Waals surface area contributed by atoms with Crippen molar-refractivity contribution in [3.8, 4) is 0 Å². The fourth-order valence-corrected chi connectivity index (χ4v) is 2.09. The minimum atomic E-state index is -0.843. The van der Waals surface area contributed by atoms with Crippen LogP contribution >= 0.6 is 0 Å². The lowest BCUT2D eigenvalue weighted by Crippen LogP contribution is -2.25. The van der Waals surface area contributed by atoms with E-state index in [2.05, 4.69) is 0 Å². The van der Waals surface area contributed by atoms with Crippen LogP contribution in [0.3, 0.4) is 0 Å². The summed E-state index contributed by atoms with van der Waals surface area (Å²) in [4.78, 5) is 12.5. The number of carboxylic acid groups (broad SMARTS) is 1. The van der Waals surface area contributed by atoms with E-state index in [0.717, 1.165) is 5.56 Å². The van der Waals surface area contributed by atoms with E-state index in [9.17, 15) is 9.90 Å². The number of rotatable bonds is 8. The molecule has 5 nitrogen and oxygen atoms in total. The molecule has 2 aromatic rings. The monoisotopic (exact) mass is 289 g/mol. The normalized spacial score (nSPS) is 10.5. The van der Waals surface area contributed by atoms with Crippen LogP contribution in [0.1, 0.15) is 17.7 Å². The smallest absolute Gasteiger partial charge is 0.303 e. The fraction of sp³-hybridized carbons (Fsp3) is 0.312. The van der Waals surface area contributed by atoms with Gasteiger partial charge in [0, 0.05) is 25.6 Å². The van der Waals surface area contributed by atoms with Gasteiger partial charge in [-0.2, -0.15) is 0 Å². The minimum absolute atomic E-state index is 0.0258.